The van der Waals surface area contributed by atoms with Crippen molar-refractivity contribution in [3.05, 3.63) is 53.8 Å². The number of amides is 1. The SMILES string of the molecule is COc1ccc(S(=O)(=O)N2CCCC2)cc1CCC(=O)Nc1ccccc1F. The molecule has 0 atom stereocenters. The van der Waals surface area contributed by atoms with E-state index in [9.17, 15) is 17.6 Å². The van der Waals surface area contributed by atoms with Crippen LogP contribution < -0.4 is 10.1 Å². The van der Waals surface area contributed by atoms with Crippen LogP contribution in [0.3, 0.4) is 0 Å². The van der Waals surface area contributed by atoms with E-state index < -0.39 is 15.8 Å². The highest BCUT2D eigenvalue weighted by atomic mass is 32.2. The first-order valence-electron chi connectivity index (χ1n) is 9.13. The van der Waals surface area contributed by atoms with Gasteiger partial charge in [-0.1, -0.05) is 12.1 Å². The highest BCUT2D eigenvalue weighted by molar-refractivity contribution is 7.89. The van der Waals surface area contributed by atoms with E-state index in [1.807, 2.05) is 0 Å². The predicted molar refractivity (Wildman–Crippen MR) is 104 cm³/mol. The monoisotopic (exact) mass is 406 g/mol. The van der Waals surface area contributed by atoms with Gasteiger partial charge in [0.2, 0.25) is 15.9 Å². The number of aryl methyl sites for hydroxylation is 1. The van der Waals surface area contributed by atoms with Gasteiger partial charge >= 0.3 is 0 Å². The first-order chi connectivity index (χ1) is 13.4. The lowest BCUT2D eigenvalue weighted by molar-refractivity contribution is -0.116. The molecule has 0 aromatic heterocycles. The quantitative estimate of drug-likeness (QED) is 0.766. The van der Waals surface area contributed by atoms with Gasteiger partial charge in [-0.2, -0.15) is 4.31 Å². The average molecular weight is 406 g/mol. The van der Waals surface area contributed by atoms with E-state index in [1.165, 1.54) is 29.6 Å². The van der Waals surface area contributed by atoms with Crippen LogP contribution in [-0.2, 0) is 21.2 Å². The number of sulfonamides is 1. The normalized spacial score (nSPS) is 14.8. The van der Waals surface area contributed by atoms with Crippen molar-refractivity contribution in [3.63, 3.8) is 0 Å². The largest absolute Gasteiger partial charge is 0.496 e. The van der Waals surface area contributed by atoms with Gasteiger partial charge in [0, 0.05) is 19.5 Å². The first-order valence-corrected chi connectivity index (χ1v) is 10.6. The predicted octanol–water partition coefficient (Wildman–Crippen LogP) is 3.19. The fourth-order valence-corrected chi connectivity index (χ4v) is 4.78. The number of para-hydroxylation sites is 1. The molecule has 6 nitrogen and oxygen atoms in total. The number of ether oxygens (including phenoxy) is 1. The summed E-state index contributed by atoms with van der Waals surface area (Å²) in [5, 5.41) is 2.53. The number of hydrogen-bond donors (Lipinski definition) is 1. The van der Waals surface area contributed by atoms with Gasteiger partial charge in [-0.3, -0.25) is 4.79 Å². The number of halogens is 1. The smallest absolute Gasteiger partial charge is 0.243 e. The molecule has 3 rings (SSSR count). The maximum Gasteiger partial charge on any atom is 0.243 e. The molecule has 0 saturated carbocycles. The topological polar surface area (TPSA) is 75.7 Å². The van der Waals surface area contributed by atoms with Crippen LogP contribution in [0, 0.1) is 5.82 Å². The summed E-state index contributed by atoms with van der Waals surface area (Å²) in [5.41, 5.74) is 0.733. The molecule has 1 fully saturated rings. The summed E-state index contributed by atoms with van der Waals surface area (Å²) in [6, 6.07) is 10.6. The number of rotatable bonds is 7. The first kappa shape index (κ1) is 20.3. The van der Waals surface area contributed by atoms with E-state index in [2.05, 4.69) is 5.32 Å². The van der Waals surface area contributed by atoms with E-state index >= 15 is 0 Å². The fourth-order valence-electron chi connectivity index (χ4n) is 3.21. The van der Waals surface area contributed by atoms with E-state index in [-0.39, 0.29) is 29.3 Å². The summed E-state index contributed by atoms with van der Waals surface area (Å²) < 4.78 is 46.0. The molecular weight excluding hydrogens is 383 g/mol. The zero-order valence-electron chi connectivity index (χ0n) is 15.7. The molecule has 0 unspecified atom stereocenters. The Morgan fingerprint density at radius 1 is 1.18 bits per heavy atom. The minimum absolute atomic E-state index is 0.0674. The number of carbonyl (C=O) groups is 1. The lowest BCUT2D eigenvalue weighted by Gasteiger charge is -2.17. The van der Waals surface area contributed by atoms with Crippen LogP contribution in [0.2, 0.25) is 0 Å². The molecule has 1 aliphatic heterocycles. The number of anilines is 1. The molecule has 2 aromatic carbocycles. The number of nitrogens with zero attached hydrogens (tertiary/aromatic N) is 1. The van der Waals surface area contributed by atoms with Crippen LogP contribution in [0.5, 0.6) is 5.75 Å². The molecule has 8 heteroatoms. The lowest BCUT2D eigenvalue weighted by Crippen LogP contribution is -2.28. The fraction of sp³-hybridized carbons (Fsp3) is 0.350. The van der Waals surface area contributed by atoms with Crippen molar-refractivity contribution < 1.29 is 22.3 Å². The van der Waals surface area contributed by atoms with Gasteiger partial charge in [-0.05, 0) is 55.2 Å². The van der Waals surface area contributed by atoms with E-state index in [0.717, 1.165) is 12.8 Å². The Bertz CT molecular complexity index is 956. The molecule has 1 N–H and O–H groups in total. The lowest BCUT2D eigenvalue weighted by atomic mass is 10.1. The Hall–Kier alpha value is -2.45. The molecule has 1 aliphatic rings. The summed E-state index contributed by atoms with van der Waals surface area (Å²) >= 11 is 0. The van der Waals surface area contributed by atoms with Crippen molar-refractivity contribution in [2.24, 2.45) is 0 Å². The van der Waals surface area contributed by atoms with E-state index in [1.54, 1.807) is 24.3 Å². The maximum atomic E-state index is 13.7. The van der Waals surface area contributed by atoms with Crippen LogP contribution in [0.15, 0.2) is 47.4 Å². The van der Waals surface area contributed by atoms with Crippen molar-refractivity contribution in [2.75, 3.05) is 25.5 Å². The Labute approximate surface area is 164 Å². The van der Waals surface area contributed by atoms with Gasteiger partial charge in [0.15, 0.2) is 0 Å². The van der Waals surface area contributed by atoms with Crippen LogP contribution in [-0.4, -0.2) is 38.8 Å². The second-order valence-corrected chi connectivity index (χ2v) is 8.55. The van der Waals surface area contributed by atoms with Gasteiger partial charge < -0.3 is 10.1 Å². The van der Waals surface area contributed by atoms with E-state index in [0.29, 0.717) is 24.4 Å². The Morgan fingerprint density at radius 3 is 2.57 bits per heavy atom. The standard InChI is InChI=1S/C20H23FN2O4S/c1-27-19-10-9-16(28(25,26)23-12-4-5-13-23)14-15(19)8-11-20(24)22-18-7-3-2-6-17(18)21/h2-3,6-7,9-10,14H,4-5,8,11-13H2,1H3,(H,22,24). The molecule has 0 radical (unpaired) electrons. The third-order valence-corrected chi connectivity index (χ3v) is 6.62. The Balaban J connectivity index is 1.73. The molecular formula is C20H23FN2O4S. The summed E-state index contributed by atoms with van der Waals surface area (Å²) in [6.07, 6.45) is 2.06. The van der Waals surface area contributed by atoms with Crippen LogP contribution in [0.25, 0.3) is 0 Å². The number of carbonyl (C=O) groups excluding carboxylic acids is 1. The third kappa shape index (κ3) is 4.51. The van der Waals surface area contributed by atoms with Gasteiger partial charge in [0.1, 0.15) is 11.6 Å². The summed E-state index contributed by atoms with van der Waals surface area (Å²) in [5.74, 6) is -0.355. The summed E-state index contributed by atoms with van der Waals surface area (Å²) in [7, 11) is -2.06. The zero-order chi connectivity index (χ0) is 20.1. The van der Waals surface area contributed by atoms with E-state index in [4.69, 9.17) is 4.74 Å². The molecule has 1 amide bonds. The number of hydrogen-bond acceptors (Lipinski definition) is 4. The summed E-state index contributed by atoms with van der Waals surface area (Å²) in [6.45, 7) is 1.05. The number of benzene rings is 2. The van der Waals surface area contributed by atoms with Crippen LogP contribution in [0.4, 0.5) is 10.1 Å². The minimum atomic E-state index is -3.55. The molecule has 0 bridgehead atoms. The van der Waals surface area contributed by atoms with Crippen molar-refractivity contribution in [1.82, 2.24) is 4.31 Å². The van der Waals surface area contributed by atoms with Crippen molar-refractivity contribution in [3.8, 4) is 5.75 Å². The summed E-state index contributed by atoms with van der Waals surface area (Å²) in [4.78, 5) is 12.4. The molecule has 0 aliphatic carbocycles. The molecule has 150 valence electrons. The maximum absolute atomic E-state index is 13.7. The Kier molecular flexibility index (Phi) is 6.31. The number of nitrogens with one attached hydrogen (secondary N) is 1. The second kappa shape index (κ2) is 8.70. The van der Waals surface area contributed by atoms with Crippen molar-refractivity contribution in [1.29, 1.82) is 0 Å². The molecule has 0 spiro atoms. The van der Waals surface area contributed by atoms with Gasteiger partial charge in [-0.25, -0.2) is 12.8 Å². The minimum Gasteiger partial charge on any atom is -0.496 e. The zero-order valence-corrected chi connectivity index (χ0v) is 16.5. The van der Waals surface area contributed by atoms with Gasteiger partial charge in [-0.15, -0.1) is 0 Å². The van der Waals surface area contributed by atoms with Crippen LogP contribution in [0.1, 0.15) is 24.8 Å². The third-order valence-electron chi connectivity index (χ3n) is 4.72. The van der Waals surface area contributed by atoms with Crippen LogP contribution >= 0.6 is 0 Å². The average Bonchev–Trinajstić information content (AvgIpc) is 3.23. The Morgan fingerprint density at radius 2 is 1.89 bits per heavy atom. The molecule has 2 aromatic rings. The molecule has 28 heavy (non-hydrogen) atoms. The molecule has 1 heterocycles. The van der Waals surface area contributed by atoms with Gasteiger partial charge in [0.25, 0.3) is 0 Å². The second-order valence-electron chi connectivity index (χ2n) is 6.61. The highest BCUT2D eigenvalue weighted by Gasteiger charge is 2.27. The van der Waals surface area contributed by atoms with Crippen molar-refractivity contribution in [2.45, 2.75) is 30.6 Å². The number of methoxy groups -OCH3 is 1. The highest BCUT2D eigenvalue weighted by Crippen LogP contribution is 2.27. The van der Waals surface area contributed by atoms with Crippen molar-refractivity contribution >= 4 is 21.6 Å². The molecule has 1 saturated heterocycles. The van der Waals surface area contributed by atoms with Gasteiger partial charge in [0.05, 0.1) is 17.7 Å².